The van der Waals surface area contributed by atoms with Crippen LogP contribution in [0.15, 0.2) is 35.1 Å². The van der Waals surface area contributed by atoms with E-state index >= 15 is 0 Å². The molecule has 0 spiro atoms. The molecule has 1 saturated heterocycles. The molecule has 2 aliphatic rings. The van der Waals surface area contributed by atoms with Gasteiger partial charge in [-0.3, -0.25) is 9.59 Å². The molecule has 1 aromatic carbocycles. The Morgan fingerprint density at radius 3 is 2.81 bits per heavy atom. The Bertz CT molecular complexity index is 1070. The summed E-state index contributed by atoms with van der Waals surface area (Å²) in [6.07, 6.45) is 4.11. The number of hydrogen-bond acceptors (Lipinski definition) is 6. The number of benzene rings is 1. The third-order valence-corrected chi connectivity index (χ3v) is 5.96. The molecule has 27 heavy (non-hydrogen) atoms. The summed E-state index contributed by atoms with van der Waals surface area (Å²) in [5, 5.41) is 4.55. The number of likely N-dealkylation sites (tertiary alicyclic amines) is 1. The summed E-state index contributed by atoms with van der Waals surface area (Å²) in [7, 11) is 0. The molecule has 0 radical (unpaired) electrons. The molecule has 1 saturated carbocycles. The van der Waals surface area contributed by atoms with Crippen molar-refractivity contribution in [3.63, 3.8) is 0 Å². The van der Waals surface area contributed by atoms with Crippen LogP contribution in [0.25, 0.3) is 11.0 Å². The number of aromatic nitrogens is 4. The van der Waals surface area contributed by atoms with E-state index in [1.54, 1.807) is 18.2 Å². The van der Waals surface area contributed by atoms with E-state index in [9.17, 15) is 9.59 Å². The lowest BCUT2D eigenvalue weighted by atomic mass is 10.1. The molecular weight excluding hydrogens is 362 g/mol. The monoisotopic (exact) mass is 381 g/mol. The van der Waals surface area contributed by atoms with Crippen molar-refractivity contribution in [2.24, 2.45) is 0 Å². The number of carbonyl (C=O) groups is 1. The van der Waals surface area contributed by atoms with Gasteiger partial charge in [0.25, 0.3) is 11.5 Å². The van der Waals surface area contributed by atoms with Gasteiger partial charge in [0.1, 0.15) is 11.0 Å². The summed E-state index contributed by atoms with van der Waals surface area (Å²) in [6, 6.07) is 8.87. The standard InChI is InChI=1S/C19H19N5O2S/c25-18-8-7-15(12-3-4-12)20-24(18)11-14-2-1-9-23(14)19(26)13-5-6-16-17(10-13)22-27-21-16/h5-8,10,12,14H,1-4,9,11H2. The minimum Gasteiger partial charge on any atom is -0.334 e. The summed E-state index contributed by atoms with van der Waals surface area (Å²) in [4.78, 5) is 27.2. The zero-order valence-corrected chi connectivity index (χ0v) is 15.6. The molecule has 7 nitrogen and oxygen atoms in total. The Hall–Kier alpha value is -2.61. The largest absolute Gasteiger partial charge is 0.334 e. The number of fused-ring (bicyclic) bond motifs is 1. The van der Waals surface area contributed by atoms with Crippen LogP contribution in [0, 0.1) is 0 Å². The average molecular weight is 381 g/mol. The second kappa shape index (κ2) is 6.53. The quantitative estimate of drug-likeness (QED) is 0.693. The fourth-order valence-corrected chi connectivity index (χ4v) is 4.28. The summed E-state index contributed by atoms with van der Waals surface area (Å²) >= 11 is 1.15. The summed E-state index contributed by atoms with van der Waals surface area (Å²) in [5.41, 5.74) is 3.06. The summed E-state index contributed by atoms with van der Waals surface area (Å²) in [5.74, 6) is 0.482. The normalized spacial score (nSPS) is 19.7. The van der Waals surface area contributed by atoms with Crippen LogP contribution in [0.2, 0.25) is 0 Å². The highest BCUT2D eigenvalue weighted by Crippen LogP contribution is 2.38. The molecule has 0 N–H and O–H groups in total. The van der Waals surface area contributed by atoms with Crippen molar-refractivity contribution in [3.8, 4) is 0 Å². The lowest BCUT2D eigenvalue weighted by Gasteiger charge is -2.25. The predicted molar refractivity (Wildman–Crippen MR) is 102 cm³/mol. The molecule has 5 rings (SSSR count). The van der Waals surface area contributed by atoms with Crippen molar-refractivity contribution in [2.45, 2.75) is 44.2 Å². The van der Waals surface area contributed by atoms with Crippen LogP contribution in [0.4, 0.5) is 0 Å². The van der Waals surface area contributed by atoms with E-state index in [0.717, 1.165) is 54.1 Å². The van der Waals surface area contributed by atoms with Gasteiger partial charge in [-0.05, 0) is 49.9 Å². The molecule has 1 amide bonds. The van der Waals surface area contributed by atoms with Crippen LogP contribution in [0.3, 0.4) is 0 Å². The van der Waals surface area contributed by atoms with Gasteiger partial charge in [-0.15, -0.1) is 0 Å². The van der Waals surface area contributed by atoms with E-state index in [2.05, 4.69) is 13.8 Å². The highest BCUT2D eigenvalue weighted by molar-refractivity contribution is 7.00. The van der Waals surface area contributed by atoms with E-state index in [4.69, 9.17) is 0 Å². The first kappa shape index (κ1) is 16.6. The Morgan fingerprint density at radius 1 is 1.11 bits per heavy atom. The van der Waals surface area contributed by atoms with Crippen molar-refractivity contribution in [3.05, 3.63) is 51.9 Å². The fraction of sp³-hybridized carbons (Fsp3) is 0.421. The number of rotatable bonds is 4. The lowest BCUT2D eigenvalue weighted by molar-refractivity contribution is 0.0720. The Morgan fingerprint density at radius 2 is 1.96 bits per heavy atom. The third kappa shape index (κ3) is 3.14. The average Bonchev–Trinajstić information content (AvgIpc) is 3.24. The SMILES string of the molecule is O=C(c1ccc2nsnc2c1)N1CCCC1Cn1nc(C2CC2)ccc1=O. The minimum atomic E-state index is -0.103. The van der Waals surface area contributed by atoms with Crippen LogP contribution in [0.1, 0.15) is 47.7 Å². The molecule has 2 fully saturated rings. The van der Waals surface area contributed by atoms with Gasteiger partial charge in [0.2, 0.25) is 0 Å². The second-order valence-corrected chi connectivity index (χ2v) is 7.84. The van der Waals surface area contributed by atoms with E-state index < -0.39 is 0 Å². The number of amides is 1. The lowest BCUT2D eigenvalue weighted by Crippen LogP contribution is -2.40. The van der Waals surface area contributed by atoms with Gasteiger partial charge < -0.3 is 4.90 Å². The smallest absolute Gasteiger partial charge is 0.266 e. The first-order chi connectivity index (χ1) is 13.2. The van der Waals surface area contributed by atoms with Crippen LogP contribution >= 0.6 is 11.7 Å². The third-order valence-electron chi connectivity index (χ3n) is 5.41. The Labute approximate surface area is 160 Å². The second-order valence-electron chi connectivity index (χ2n) is 7.32. The predicted octanol–water partition coefficient (Wildman–Crippen LogP) is 2.43. The van der Waals surface area contributed by atoms with Gasteiger partial charge in [-0.1, -0.05) is 0 Å². The molecule has 2 aromatic heterocycles. The molecule has 1 aliphatic carbocycles. The van der Waals surface area contributed by atoms with E-state index in [0.29, 0.717) is 24.6 Å². The van der Waals surface area contributed by atoms with E-state index in [1.165, 1.54) is 4.68 Å². The van der Waals surface area contributed by atoms with Gasteiger partial charge in [0, 0.05) is 24.1 Å². The molecule has 138 valence electrons. The highest BCUT2D eigenvalue weighted by Gasteiger charge is 2.31. The van der Waals surface area contributed by atoms with E-state index in [-0.39, 0.29) is 17.5 Å². The molecule has 8 heteroatoms. The van der Waals surface area contributed by atoms with Crippen LogP contribution in [-0.4, -0.2) is 41.9 Å². The molecule has 1 aliphatic heterocycles. The maximum Gasteiger partial charge on any atom is 0.266 e. The zero-order chi connectivity index (χ0) is 18.4. The van der Waals surface area contributed by atoms with Crippen molar-refractivity contribution in [1.29, 1.82) is 0 Å². The molecule has 1 unspecified atom stereocenters. The summed E-state index contributed by atoms with van der Waals surface area (Å²) < 4.78 is 9.95. The van der Waals surface area contributed by atoms with Gasteiger partial charge >= 0.3 is 0 Å². The first-order valence-electron chi connectivity index (χ1n) is 9.30. The minimum absolute atomic E-state index is 0.0126. The molecule has 0 bridgehead atoms. The van der Waals surface area contributed by atoms with Crippen LogP contribution in [-0.2, 0) is 6.54 Å². The molecular formula is C19H19N5O2S. The first-order valence-corrected chi connectivity index (χ1v) is 10.0. The molecule has 1 atom stereocenters. The van der Waals surface area contributed by atoms with Gasteiger partial charge in [0.15, 0.2) is 0 Å². The van der Waals surface area contributed by atoms with Crippen molar-refractivity contribution in [1.82, 2.24) is 23.4 Å². The molecule has 3 heterocycles. The van der Waals surface area contributed by atoms with Crippen LogP contribution < -0.4 is 5.56 Å². The maximum absolute atomic E-state index is 13.1. The zero-order valence-electron chi connectivity index (χ0n) is 14.7. The van der Waals surface area contributed by atoms with Crippen molar-refractivity contribution in [2.75, 3.05) is 6.54 Å². The fourth-order valence-electron chi connectivity index (χ4n) is 3.77. The Kier molecular flexibility index (Phi) is 4.00. The summed E-state index contributed by atoms with van der Waals surface area (Å²) in [6.45, 7) is 1.15. The van der Waals surface area contributed by atoms with Gasteiger partial charge in [-0.2, -0.15) is 13.8 Å². The maximum atomic E-state index is 13.1. The molecule has 3 aromatic rings. The Balaban J connectivity index is 1.39. The topological polar surface area (TPSA) is 81.0 Å². The van der Waals surface area contributed by atoms with Crippen molar-refractivity contribution < 1.29 is 4.79 Å². The van der Waals surface area contributed by atoms with Gasteiger partial charge in [0.05, 0.1) is 30.0 Å². The van der Waals surface area contributed by atoms with Gasteiger partial charge in [-0.25, -0.2) is 4.68 Å². The number of nitrogens with zero attached hydrogens (tertiary/aromatic N) is 5. The number of carbonyl (C=O) groups excluding carboxylic acids is 1. The van der Waals surface area contributed by atoms with E-state index in [1.807, 2.05) is 17.0 Å². The van der Waals surface area contributed by atoms with Crippen molar-refractivity contribution >= 4 is 28.7 Å². The number of hydrogen-bond donors (Lipinski definition) is 0. The van der Waals surface area contributed by atoms with Crippen LogP contribution in [0.5, 0.6) is 0 Å². The highest BCUT2D eigenvalue weighted by atomic mass is 32.1.